The van der Waals surface area contributed by atoms with Crippen LogP contribution in [0.2, 0.25) is 0 Å². The van der Waals surface area contributed by atoms with E-state index in [1.54, 1.807) is 13.0 Å². The molecule has 0 aliphatic carbocycles. The fourth-order valence-corrected chi connectivity index (χ4v) is 1.51. The van der Waals surface area contributed by atoms with Gasteiger partial charge in [-0.2, -0.15) is 0 Å². The van der Waals surface area contributed by atoms with Gasteiger partial charge in [0.1, 0.15) is 5.58 Å². The van der Waals surface area contributed by atoms with Gasteiger partial charge in [-0.15, -0.1) is 0 Å². The van der Waals surface area contributed by atoms with Crippen LogP contribution in [0.4, 0.5) is 0 Å². The Hall–Kier alpha value is -0.770. The number of aryl methyl sites for hydroxylation is 1. The molecule has 0 N–H and O–H groups in total. The van der Waals surface area contributed by atoms with Crippen molar-refractivity contribution in [3.8, 4) is 0 Å². The van der Waals surface area contributed by atoms with Crippen LogP contribution in [-0.2, 0) is 4.74 Å². The Morgan fingerprint density at radius 3 is 2.81 bits per heavy atom. The van der Waals surface area contributed by atoms with Crippen LogP contribution < -0.4 is 0 Å². The van der Waals surface area contributed by atoms with E-state index in [2.05, 4.69) is 0 Å². The first-order valence-corrected chi connectivity index (χ1v) is 4.88. The third-order valence-electron chi connectivity index (χ3n) is 2.22. The van der Waals surface area contributed by atoms with Crippen molar-refractivity contribution in [2.75, 3.05) is 6.61 Å². The predicted octanol–water partition coefficient (Wildman–Crippen LogP) is 2.54. The zero-order chi connectivity index (χ0) is 10.8. The molecule has 0 atom stereocenters. The minimum atomic E-state index is -0.409. The van der Waals surface area contributed by atoms with Gasteiger partial charge in [0.25, 0.3) is 0 Å². The van der Waals surface area contributed by atoms with Crippen LogP contribution in [-0.4, -0.2) is 42.1 Å². The number of hydrogen-bond acceptors (Lipinski definition) is 3. The Bertz CT molecular complexity index is 502. The Morgan fingerprint density at radius 2 is 2.19 bits per heavy atom. The zero-order valence-electron chi connectivity index (χ0n) is 9.74. The molecule has 0 aliphatic heterocycles. The summed E-state index contributed by atoms with van der Waals surface area (Å²) < 4.78 is 10.3. The van der Waals surface area contributed by atoms with Crippen molar-refractivity contribution in [3.63, 3.8) is 0 Å². The smallest absolute Gasteiger partial charge is 0.374 e. The standard InChI is InChI=1S/C12H12O3.Na/c1-3-14-12(13)10-7-9-6-4-5-8(2)11(9)15-10;/h4-7H,3H2,1-2H3;. The molecule has 0 saturated heterocycles. The van der Waals surface area contributed by atoms with Crippen molar-refractivity contribution < 1.29 is 13.9 Å². The van der Waals surface area contributed by atoms with Crippen LogP contribution in [0.5, 0.6) is 0 Å². The summed E-state index contributed by atoms with van der Waals surface area (Å²) in [5.74, 6) is -0.144. The van der Waals surface area contributed by atoms with Gasteiger partial charge in [0.2, 0.25) is 5.76 Å². The Morgan fingerprint density at radius 1 is 1.44 bits per heavy atom. The van der Waals surface area contributed by atoms with Crippen LogP contribution in [0.3, 0.4) is 0 Å². The molecule has 0 aliphatic rings. The summed E-state index contributed by atoms with van der Waals surface area (Å²) in [5, 5.41) is 0.929. The van der Waals surface area contributed by atoms with Crippen molar-refractivity contribution in [3.05, 3.63) is 35.6 Å². The fraction of sp³-hybridized carbons (Fsp3) is 0.250. The first-order chi connectivity index (χ1) is 7.22. The van der Waals surface area contributed by atoms with Crippen LogP contribution in [0.15, 0.2) is 28.7 Å². The van der Waals surface area contributed by atoms with Crippen LogP contribution in [0.1, 0.15) is 23.0 Å². The fourth-order valence-electron chi connectivity index (χ4n) is 1.51. The second-order valence-corrected chi connectivity index (χ2v) is 3.32. The zero-order valence-corrected chi connectivity index (χ0v) is 11.7. The molecule has 16 heavy (non-hydrogen) atoms. The molecule has 3 nitrogen and oxygen atoms in total. The van der Waals surface area contributed by atoms with Gasteiger partial charge in [-0.3, -0.25) is 0 Å². The largest absolute Gasteiger partial charge is 0.460 e. The van der Waals surface area contributed by atoms with Crippen LogP contribution in [0.25, 0.3) is 11.0 Å². The summed E-state index contributed by atoms with van der Waals surface area (Å²) in [6.45, 7) is 4.07. The number of benzene rings is 1. The SMILES string of the molecule is CCOC(=O)c1cc2cccc(C)c2o1.[Na]. The van der Waals surface area contributed by atoms with Gasteiger partial charge in [0.15, 0.2) is 0 Å². The molecule has 0 fully saturated rings. The van der Waals surface area contributed by atoms with Gasteiger partial charge < -0.3 is 9.15 Å². The molecule has 0 saturated carbocycles. The third kappa shape index (κ3) is 2.48. The van der Waals surface area contributed by atoms with Crippen molar-refractivity contribution >= 4 is 46.5 Å². The van der Waals surface area contributed by atoms with Crippen molar-refractivity contribution in [2.45, 2.75) is 13.8 Å². The van der Waals surface area contributed by atoms with Gasteiger partial charge in [0.05, 0.1) is 6.61 Å². The van der Waals surface area contributed by atoms with E-state index in [1.807, 2.05) is 25.1 Å². The normalized spacial score (nSPS) is 9.88. The average Bonchev–Trinajstić information content (AvgIpc) is 2.63. The topological polar surface area (TPSA) is 39.4 Å². The van der Waals surface area contributed by atoms with Crippen molar-refractivity contribution in [2.24, 2.45) is 0 Å². The molecule has 1 aromatic heterocycles. The summed E-state index contributed by atoms with van der Waals surface area (Å²) in [6, 6.07) is 7.50. The van der Waals surface area contributed by atoms with E-state index in [4.69, 9.17) is 9.15 Å². The Balaban J connectivity index is 0.00000128. The quantitative estimate of drug-likeness (QED) is 0.584. The molecule has 0 spiro atoms. The van der Waals surface area contributed by atoms with Gasteiger partial charge in [-0.1, -0.05) is 18.2 Å². The maximum absolute atomic E-state index is 11.4. The number of ether oxygens (including phenoxy) is 1. The maximum Gasteiger partial charge on any atom is 0.374 e. The average molecular weight is 227 g/mol. The molecule has 79 valence electrons. The van der Waals surface area contributed by atoms with E-state index in [0.29, 0.717) is 6.61 Å². The summed E-state index contributed by atoms with van der Waals surface area (Å²) in [4.78, 5) is 11.4. The summed E-state index contributed by atoms with van der Waals surface area (Å²) in [5.41, 5.74) is 1.77. The molecular formula is C12H12NaO3. The van der Waals surface area contributed by atoms with E-state index >= 15 is 0 Å². The maximum atomic E-state index is 11.4. The first kappa shape index (κ1) is 13.3. The molecule has 1 radical (unpaired) electrons. The monoisotopic (exact) mass is 227 g/mol. The van der Waals surface area contributed by atoms with Gasteiger partial charge in [0, 0.05) is 34.9 Å². The van der Waals surface area contributed by atoms with Gasteiger partial charge in [-0.05, 0) is 25.5 Å². The molecule has 0 bridgehead atoms. The van der Waals surface area contributed by atoms with Crippen LogP contribution >= 0.6 is 0 Å². The number of furan rings is 1. The molecular weight excluding hydrogens is 215 g/mol. The number of rotatable bonds is 2. The Kier molecular flexibility index (Phi) is 4.59. The van der Waals surface area contributed by atoms with E-state index in [9.17, 15) is 4.79 Å². The second-order valence-electron chi connectivity index (χ2n) is 3.32. The summed E-state index contributed by atoms with van der Waals surface area (Å²) >= 11 is 0. The van der Waals surface area contributed by atoms with Crippen molar-refractivity contribution in [1.82, 2.24) is 0 Å². The summed E-state index contributed by atoms with van der Waals surface area (Å²) in [6.07, 6.45) is 0. The molecule has 0 amide bonds. The number of para-hydroxylation sites is 1. The van der Waals surface area contributed by atoms with Gasteiger partial charge in [-0.25, -0.2) is 4.79 Å². The number of fused-ring (bicyclic) bond motifs is 1. The molecule has 1 heterocycles. The molecule has 0 unspecified atom stereocenters. The van der Waals surface area contributed by atoms with Crippen molar-refractivity contribution in [1.29, 1.82) is 0 Å². The number of carbonyl (C=O) groups is 1. The van der Waals surface area contributed by atoms with E-state index in [1.165, 1.54) is 0 Å². The number of esters is 1. The molecule has 4 heteroatoms. The first-order valence-electron chi connectivity index (χ1n) is 4.88. The predicted molar refractivity (Wildman–Crippen MR) is 62.7 cm³/mol. The minimum Gasteiger partial charge on any atom is -0.460 e. The van der Waals surface area contributed by atoms with E-state index in [0.717, 1.165) is 16.5 Å². The van der Waals surface area contributed by atoms with Gasteiger partial charge >= 0.3 is 5.97 Å². The number of carbonyl (C=O) groups excluding carboxylic acids is 1. The third-order valence-corrected chi connectivity index (χ3v) is 2.22. The van der Waals surface area contributed by atoms with E-state index in [-0.39, 0.29) is 35.3 Å². The van der Waals surface area contributed by atoms with E-state index < -0.39 is 5.97 Å². The molecule has 1 aromatic carbocycles. The minimum absolute atomic E-state index is 0. The Labute approximate surface area is 116 Å². The number of hydrogen-bond donors (Lipinski definition) is 0. The molecule has 2 aromatic rings. The second kappa shape index (κ2) is 5.53. The molecule has 2 rings (SSSR count). The summed E-state index contributed by atoms with van der Waals surface area (Å²) in [7, 11) is 0. The van der Waals surface area contributed by atoms with Crippen LogP contribution in [0, 0.1) is 6.92 Å².